The van der Waals surface area contributed by atoms with E-state index >= 15 is 0 Å². The SMILES string of the molecule is COc1ccc(N)c(SCC(=O)NC2CCCC2)c1. The van der Waals surface area contributed by atoms with Crippen LogP contribution in [0.25, 0.3) is 0 Å². The van der Waals surface area contributed by atoms with Crippen LogP contribution in [0.2, 0.25) is 0 Å². The van der Waals surface area contributed by atoms with E-state index in [9.17, 15) is 4.79 Å². The number of thioether (sulfide) groups is 1. The van der Waals surface area contributed by atoms with Crippen molar-refractivity contribution in [2.24, 2.45) is 0 Å². The minimum Gasteiger partial charge on any atom is -0.497 e. The monoisotopic (exact) mass is 280 g/mol. The van der Waals surface area contributed by atoms with Crippen LogP contribution in [0, 0.1) is 0 Å². The average Bonchev–Trinajstić information content (AvgIpc) is 2.90. The molecule has 2 rings (SSSR count). The van der Waals surface area contributed by atoms with E-state index in [1.165, 1.54) is 24.6 Å². The topological polar surface area (TPSA) is 64.3 Å². The number of benzene rings is 1. The molecule has 1 saturated carbocycles. The highest BCUT2D eigenvalue weighted by atomic mass is 32.2. The molecule has 19 heavy (non-hydrogen) atoms. The van der Waals surface area contributed by atoms with Crippen molar-refractivity contribution in [3.05, 3.63) is 18.2 Å². The van der Waals surface area contributed by atoms with Gasteiger partial charge in [-0.1, -0.05) is 12.8 Å². The first-order valence-electron chi connectivity index (χ1n) is 6.54. The second-order valence-corrected chi connectivity index (χ2v) is 5.76. The number of nitrogens with two attached hydrogens (primary N) is 1. The summed E-state index contributed by atoms with van der Waals surface area (Å²) in [4.78, 5) is 12.7. The summed E-state index contributed by atoms with van der Waals surface area (Å²) in [7, 11) is 1.62. The van der Waals surface area contributed by atoms with Crippen molar-refractivity contribution in [3.63, 3.8) is 0 Å². The molecule has 0 saturated heterocycles. The summed E-state index contributed by atoms with van der Waals surface area (Å²) in [6, 6.07) is 5.85. The van der Waals surface area contributed by atoms with Gasteiger partial charge in [0.2, 0.25) is 5.91 Å². The number of hydrogen-bond acceptors (Lipinski definition) is 4. The number of nitrogens with one attached hydrogen (secondary N) is 1. The summed E-state index contributed by atoms with van der Waals surface area (Å²) in [6.45, 7) is 0. The van der Waals surface area contributed by atoms with Gasteiger partial charge in [0.1, 0.15) is 5.75 Å². The highest BCUT2D eigenvalue weighted by Gasteiger charge is 2.17. The molecule has 4 nitrogen and oxygen atoms in total. The maximum Gasteiger partial charge on any atom is 0.230 e. The van der Waals surface area contributed by atoms with Gasteiger partial charge < -0.3 is 15.8 Å². The van der Waals surface area contributed by atoms with Crippen LogP contribution in [-0.2, 0) is 4.79 Å². The second-order valence-electron chi connectivity index (χ2n) is 4.74. The Morgan fingerprint density at radius 1 is 1.47 bits per heavy atom. The largest absolute Gasteiger partial charge is 0.497 e. The predicted octanol–water partition coefficient (Wildman–Crippen LogP) is 2.43. The molecule has 104 valence electrons. The van der Waals surface area contributed by atoms with Crippen molar-refractivity contribution in [1.29, 1.82) is 0 Å². The molecule has 0 heterocycles. The van der Waals surface area contributed by atoms with Gasteiger partial charge in [-0.05, 0) is 31.0 Å². The van der Waals surface area contributed by atoms with E-state index in [0.717, 1.165) is 23.5 Å². The smallest absolute Gasteiger partial charge is 0.230 e. The van der Waals surface area contributed by atoms with Crippen molar-refractivity contribution < 1.29 is 9.53 Å². The lowest BCUT2D eigenvalue weighted by molar-refractivity contribution is -0.119. The summed E-state index contributed by atoms with van der Waals surface area (Å²) < 4.78 is 5.15. The molecule has 0 bridgehead atoms. The van der Waals surface area contributed by atoms with Crippen LogP contribution in [0.15, 0.2) is 23.1 Å². The highest BCUT2D eigenvalue weighted by Crippen LogP contribution is 2.29. The zero-order valence-corrected chi connectivity index (χ0v) is 12.0. The number of anilines is 1. The van der Waals surface area contributed by atoms with E-state index in [0.29, 0.717) is 17.5 Å². The Bertz CT molecular complexity index is 445. The third-order valence-corrected chi connectivity index (χ3v) is 4.37. The summed E-state index contributed by atoms with van der Waals surface area (Å²) in [5, 5.41) is 3.07. The molecule has 1 fully saturated rings. The fourth-order valence-electron chi connectivity index (χ4n) is 2.25. The van der Waals surface area contributed by atoms with Gasteiger partial charge in [0.15, 0.2) is 0 Å². The molecule has 0 aliphatic heterocycles. The molecule has 0 spiro atoms. The Morgan fingerprint density at radius 2 is 2.21 bits per heavy atom. The maximum absolute atomic E-state index is 11.8. The lowest BCUT2D eigenvalue weighted by Crippen LogP contribution is -2.33. The fourth-order valence-corrected chi connectivity index (χ4v) is 3.05. The van der Waals surface area contributed by atoms with Crippen molar-refractivity contribution in [3.8, 4) is 5.75 Å². The summed E-state index contributed by atoms with van der Waals surface area (Å²) >= 11 is 1.45. The Morgan fingerprint density at radius 3 is 2.89 bits per heavy atom. The first-order valence-corrected chi connectivity index (χ1v) is 7.53. The van der Waals surface area contributed by atoms with Crippen molar-refractivity contribution in [1.82, 2.24) is 5.32 Å². The van der Waals surface area contributed by atoms with Gasteiger partial charge in [-0.25, -0.2) is 0 Å². The molecular formula is C14H20N2O2S. The third-order valence-electron chi connectivity index (χ3n) is 3.30. The summed E-state index contributed by atoms with van der Waals surface area (Å²) in [5.74, 6) is 1.24. The van der Waals surface area contributed by atoms with Gasteiger partial charge in [0.25, 0.3) is 0 Å². The minimum atomic E-state index is 0.0825. The van der Waals surface area contributed by atoms with Crippen LogP contribution < -0.4 is 15.8 Å². The second kappa shape index (κ2) is 6.70. The minimum absolute atomic E-state index is 0.0825. The molecule has 1 aromatic rings. The molecule has 1 aromatic carbocycles. The first kappa shape index (κ1) is 14.1. The number of ether oxygens (including phenoxy) is 1. The van der Waals surface area contributed by atoms with Crippen molar-refractivity contribution >= 4 is 23.4 Å². The molecule has 0 unspecified atom stereocenters. The van der Waals surface area contributed by atoms with E-state index in [1.807, 2.05) is 12.1 Å². The number of methoxy groups -OCH3 is 1. The molecule has 0 aromatic heterocycles. The highest BCUT2D eigenvalue weighted by molar-refractivity contribution is 8.00. The zero-order chi connectivity index (χ0) is 13.7. The standard InChI is InChI=1S/C14H20N2O2S/c1-18-11-6-7-12(15)13(8-11)19-9-14(17)16-10-4-2-3-5-10/h6-8,10H,2-5,9,15H2,1H3,(H,16,17). The Hall–Kier alpha value is -1.36. The van der Waals surface area contributed by atoms with Gasteiger partial charge in [-0.2, -0.15) is 0 Å². The molecular weight excluding hydrogens is 260 g/mol. The van der Waals surface area contributed by atoms with Gasteiger partial charge in [0.05, 0.1) is 12.9 Å². The molecule has 1 aliphatic carbocycles. The lowest BCUT2D eigenvalue weighted by atomic mass is 10.2. The van der Waals surface area contributed by atoms with E-state index in [1.54, 1.807) is 13.2 Å². The van der Waals surface area contributed by atoms with Gasteiger partial charge in [-0.15, -0.1) is 11.8 Å². The number of carbonyl (C=O) groups excluding carboxylic acids is 1. The third kappa shape index (κ3) is 4.06. The molecule has 0 radical (unpaired) electrons. The van der Waals surface area contributed by atoms with Gasteiger partial charge in [-0.3, -0.25) is 4.79 Å². The van der Waals surface area contributed by atoms with E-state index in [4.69, 9.17) is 10.5 Å². The quantitative estimate of drug-likeness (QED) is 0.642. The van der Waals surface area contributed by atoms with Crippen LogP contribution in [0.1, 0.15) is 25.7 Å². The molecule has 0 atom stereocenters. The molecule has 1 aliphatic rings. The van der Waals surface area contributed by atoms with Crippen molar-refractivity contribution in [2.75, 3.05) is 18.6 Å². The maximum atomic E-state index is 11.8. The normalized spacial score (nSPS) is 15.4. The van der Waals surface area contributed by atoms with Gasteiger partial charge in [0, 0.05) is 16.6 Å². The summed E-state index contributed by atoms with van der Waals surface area (Å²) in [6.07, 6.45) is 4.66. The Labute approximate surface area is 118 Å². The number of amides is 1. The van der Waals surface area contributed by atoms with Crippen LogP contribution in [0.5, 0.6) is 5.75 Å². The zero-order valence-electron chi connectivity index (χ0n) is 11.1. The lowest BCUT2D eigenvalue weighted by Gasteiger charge is -2.12. The van der Waals surface area contributed by atoms with Crippen LogP contribution >= 0.6 is 11.8 Å². The molecule has 5 heteroatoms. The van der Waals surface area contributed by atoms with Crippen LogP contribution in [0.4, 0.5) is 5.69 Å². The van der Waals surface area contributed by atoms with E-state index < -0.39 is 0 Å². The number of nitrogen functional groups attached to an aromatic ring is 1. The fraction of sp³-hybridized carbons (Fsp3) is 0.500. The van der Waals surface area contributed by atoms with E-state index in [-0.39, 0.29) is 5.91 Å². The van der Waals surface area contributed by atoms with E-state index in [2.05, 4.69) is 5.32 Å². The van der Waals surface area contributed by atoms with Gasteiger partial charge >= 0.3 is 0 Å². The Balaban J connectivity index is 1.85. The Kier molecular flexibility index (Phi) is 4.96. The molecule has 3 N–H and O–H groups in total. The summed E-state index contributed by atoms with van der Waals surface area (Å²) in [5.41, 5.74) is 6.57. The van der Waals surface area contributed by atoms with Crippen molar-refractivity contribution in [2.45, 2.75) is 36.6 Å². The predicted molar refractivity (Wildman–Crippen MR) is 78.5 cm³/mol. The number of carbonyl (C=O) groups is 1. The molecule has 1 amide bonds. The van der Waals surface area contributed by atoms with Crippen LogP contribution in [0.3, 0.4) is 0 Å². The number of hydrogen-bond donors (Lipinski definition) is 2. The van der Waals surface area contributed by atoms with Crippen LogP contribution in [-0.4, -0.2) is 24.8 Å². The first-order chi connectivity index (χ1) is 9.19. The number of rotatable bonds is 5. The average molecular weight is 280 g/mol.